The van der Waals surface area contributed by atoms with Crippen molar-refractivity contribution in [3.8, 4) is 0 Å². The average Bonchev–Trinajstić information content (AvgIpc) is 2.51. The van der Waals surface area contributed by atoms with Crippen LogP contribution in [-0.2, 0) is 4.79 Å². The number of benzene rings is 2. The predicted octanol–water partition coefficient (Wildman–Crippen LogP) is 3.03. The number of aliphatic carboxylic acids is 1. The summed E-state index contributed by atoms with van der Waals surface area (Å²) in [4.78, 5) is 11.1. The first kappa shape index (κ1) is 13.5. The highest BCUT2D eigenvalue weighted by atomic mass is 35.5. The van der Waals surface area contributed by atoms with E-state index in [0.29, 0.717) is 10.7 Å². The van der Waals surface area contributed by atoms with Gasteiger partial charge in [-0.25, -0.2) is 4.79 Å². The van der Waals surface area contributed by atoms with E-state index >= 15 is 0 Å². The molecule has 3 rings (SSSR count). The number of hydrogen-bond donors (Lipinski definition) is 3. The van der Waals surface area contributed by atoms with Crippen molar-refractivity contribution in [3.05, 3.63) is 59.1 Å². The van der Waals surface area contributed by atoms with Crippen molar-refractivity contribution in [2.45, 2.75) is 6.04 Å². The Morgan fingerprint density at radius 1 is 1.29 bits per heavy atom. The highest BCUT2D eigenvalue weighted by Crippen LogP contribution is 2.30. The van der Waals surface area contributed by atoms with Gasteiger partial charge in [-0.3, -0.25) is 0 Å². The lowest BCUT2D eigenvalue weighted by molar-refractivity contribution is -0.137. The van der Waals surface area contributed by atoms with Crippen molar-refractivity contribution >= 4 is 39.7 Å². The maximum Gasteiger partial charge on any atom is 0.330 e. The summed E-state index contributed by atoms with van der Waals surface area (Å²) < 4.78 is 0. The van der Waals surface area contributed by atoms with Gasteiger partial charge < -0.3 is 16.2 Å². The molecule has 5 heteroatoms. The Bertz CT molecular complexity index is 796. The van der Waals surface area contributed by atoms with Crippen molar-refractivity contribution in [1.29, 1.82) is 0 Å². The molecule has 0 amide bonds. The lowest BCUT2D eigenvalue weighted by atomic mass is 10.0. The normalized spacial score (nSPS) is 17.4. The SMILES string of the molecule is Nc1c(Cl)ccc2ccc(C3=CC=CC(C(=O)O)N3)cc12. The summed E-state index contributed by atoms with van der Waals surface area (Å²) in [6, 6.07) is 8.71. The summed E-state index contributed by atoms with van der Waals surface area (Å²) in [6.45, 7) is 0. The third-order valence-corrected chi connectivity index (χ3v) is 3.79. The fourth-order valence-electron chi connectivity index (χ4n) is 2.33. The fraction of sp³-hybridized carbons (Fsp3) is 0.0625. The van der Waals surface area contributed by atoms with E-state index < -0.39 is 12.0 Å². The second-order valence-electron chi connectivity index (χ2n) is 4.82. The van der Waals surface area contributed by atoms with Crippen LogP contribution in [0.5, 0.6) is 0 Å². The highest BCUT2D eigenvalue weighted by Gasteiger charge is 2.18. The zero-order valence-corrected chi connectivity index (χ0v) is 11.8. The number of halogens is 1. The molecule has 0 saturated heterocycles. The van der Waals surface area contributed by atoms with E-state index in [1.54, 1.807) is 18.2 Å². The summed E-state index contributed by atoms with van der Waals surface area (Å²) in [7, 11) is 0. The Labute approximate surface area is 126 Å². The maximum absolute atomic E-state index is 11.1. The number of carboxylic acids is 1. The van der Waals surface area contributed by atoms with Crippen molar-refractivity contribution in [2.24, 2.45) is 0 Å². The van der Waals surface area contributed by atoms with Gasteiger partial charge >= 0.3 is 5.97 Å². The van der Waals surface area contributed by atoms with Crippen molar-refractivity contribution in [1.82, 2.24) is 5.32 Å². The fourth-order valence-corrected chi connectivity index (χ4v) is 2.50. The molecule has 0 fully saturated rings. The Kier molecular flexibility index (Phi) is 3.31. The minimum absolute atomic E-state index is 0.508. The van der Waals surface area contributed by atoms with E-state index in [2.05, 4.69) is 5.32 Å². The molecule has 2 aromatic carbocycles. The number of dihydropyridines is 1. The number of nitrogens with one attached hydrogen (secondary N) is 1. The molecule has 1 heterocycles. The van der Waals surface area contributed by atoms with Crippen LogP contribution in [0.2, 0.25) is 5.02 Å². The molecular weight excluding hydrogens is 288 g/mol. The zero-order valence-electron chi connectivity index (χ0n) is 11.0. The topological polar surface area (TPSA) is 75.4 Å². The minimum Gasteiger partial charge on any atom is -0.479 e. The number of carbonyl (C=O) groups is 1. The van der Waals surface area contributed by atoms with Gasteiger partial charge in [0.25, 0.3) is 0 Å². The van der Waals surface area contributed by atoms with Crippen molar-refractivity contribution in [3.63, 3.8) is 0 Å². The van der Waals surface area contributed by atoms with Gasteiger partial charge in [0.15, 0.2) is 0 Å². The molecule has 0 radical (unpaired) electrons. The largest absolute Gasteiger partial charge is 0.479 e. The molecule has 1 aliphatic heterocycles. The van der Waals surface area contributed by atoms with Crippen LogP contribution in [0.4, 0.5) is 5.69 Å². The van der Waals surface area contributed by atoms with Gasteiger partial charge in [0, 0.05) is 11.1 Å². The van der Waals surface area contributed by atoms with Gasteiger partial charge in [0.1, 0.15) is 6.04 Å². The number of nitrogen functional groups attached to an aromatic ring is 1. The molecule has 0 aromatic heterocycles. The Balaban J connectivity index is 2.06. The van der Waals surface area contributed by atoms with Gasteiger partial charge in [0.05, 0.1) is 10.7 Å². The van der Waals surface area contributed by atoms with Gasteiger partial charge in [-0.15, -0.1) is 0 Å². The van der Waals surface area contributed by atoms with Crippen LogP contribution in [-0.4, -0.2) is 17.1 Å². The molecule has 0 spiro atoms. The monoisotopic (exact) mass is 300 g/mol. The first-order valence-corrected chi connectivity index (χ1v) is 6.80. The van der Waals surface area contributed by atoms with Crippen molar-refractivity contribution in [2.75, 3.05) is 5.73 Å². The van der Waals surface area contributed by atoms with Gasteiger partial charge in [-0.2, -0.15) is 0 Å². The van der Waals surface area contributed by atoms with E-state index in [1.807, 2.05) is 30.3 Å². The van der Waals surface area contributed by atoms with Gasteiger partial charge in [0.2, 0.25) is 0 Å². The first-order chi connectivity index (χ1) is 10.1. The van der Waals surface area contributed by atoms with Crippen LogP contribution in [0, 0.1) is 0 Å². The number of hydrogen-bond acceptors (Lipinski definition) is 3. The van der Waals surface area contributed by atoms with E-state index in [0.717, 1.165) is 22.0 Å². The molecule has 106 valence electrons. The van der Waals surface area contributed by atoms with Crippen LogP contribution in [0.15, 0.2) is 48.6 Å². The smallest absolute Gasteiger partial charge is 0.330 e. The average molecular weight is 301 g/mol. The molecule has 0 aliphatic carbocycles. The molecule has 1 unspecified atom stereocenters. The van der Waals surface area contributed by atoms with Crippen LogP contribution in [0.3, 0.4) is 0 Å². The summed E-state index contributed by atoms with van der Waals surface area (Å²) in [6.07, 6.45) is 5.16. The number of fused-ring (bicyclic) bond motifs is 1. The Morgan fingerprint density at radius 2 is 2.05 bits per heavy atom. The summed E-state index contributed by atoms with van der Waals surface area (Å²) in [5, 5.41) is 14.4. The number of nitrogens with two attached hydrogens (primary N) is 1. The van der Waals surface area contributed by atoms with Gasteiger partial charge in [-0.05, 0) is 29.2 Å². The molecular formula is C16H13ClN2O2. The zero-order chi connectivity index (χ0) is 15.0. The molecule has 0 bridgehead atoms. The molecule has 0 saturated carbocycles. The molecule has 1 aliphatic rings. The lowest BCUT2D eigenvalue weighted by Crippen LogP contribution is -2.35. The van der Waals surface area contributed by atoms with Crippen LogP contribution >= 0.6 is 11.6 Å². The number of allylic oxidation sites excluding steroid dienone is 2. The van der Waals surface area contributed by atoms with E-state index in [1.165, 1.54) is 0 Å². The standard InChI is InChI=1S/C16H13ClN2O2/c17-12-7-6-9-4-5-10(8-11(9)15(12)18)13-2-1-3-14(19-13)16(20)21/h1-8,14,19H,18H2,(H,20,21). The number of anilines is 1. The molecule has 4 nitrogen and oxygen atoms in total. The molecule has 21 heavy (non-hydrogen) atoms. The van der Waals surface area contributed by atoms with Gasteiger partial charge in [-0.1, -0.05) is 42.0 Å². The molecule has 4 N–H and O–H groups in total. The van der Waals surface area contributed by atoms with Crippen LogP contribution in [0.1, 0.15) is 5.56 Å². The maximum atomic E-state index is 11.1. The second-order valence-corrected chi connectivity index (χ2v) is 5.23. The van der Waals surface area contributed by atoms with E-state index in [-0.39, 0.29) is 0 Å². The van der Waals surface area contributed by atoms with Crippen molar-refractivity contribution < 1.29 is 9.90 Å². The second kappa shape index (κ2) is 5.14. The Hall–Kier alpha value is -2.46. The third-order valence-electron chi connectivity index (χ3n) is 3.46. The predicted molar refractivity (Wildman–Crippen MR) is 85.0 cm³/mol. The van der Waals surface area contributed by atoms with Crippen LogP contribution < -0.4 is 11.1 Å². The molecule has 1 atom stereocenters. The van der Waals surface area contributed by atoms with Crippen LogP contribution in [0.25, 0.3) is 16.5 Å². The first-order valence-electron chi connectivity index (χ1n) is 6.42. The summed E-state index contributed by atoms with van der Waals surface area (Å²) in [5.41, 5.74) is 8.15. The third kappa shape index (κ3) is 2.45. The van der Waals surface area contributed by atoms with E-state index in [9.17, 15) is 4.79 Å². The highest BCUT2D eigenvalue weighted by molar-refractivity contribution is 6.34. The molecule has 2 aromatic rings. The summed E-state index contributed by atoms with van der Waals surface area (Å²) >= 11 is 6.05. The lowest BCUT2D eigenvalue weighted by Gasteiger charge is -2.19. The minimum atomic E-state index is -0.916. The van der Waals surface area contributed by atoms with E-state index in [4.69, 9.17) is 22.4 Å². The summed E-state index contributed by atoms with van der Waals surface area (Å²) in [5.74, 6) is -0.916. The number of carboxylic acid groups (broad SMARTS) is 1. The quantitative estimate of drug-likeness (QED) is 0.745. The Morgan fingerprint density at radius 3 is 2.81 bits per heavy atom. The number of rotatable bonds is 2.